The van der Waals surface area contributed by atoms with E-state index in [-0.39, 0.29) is 6.04 Å². The van der Waals surface area contributed by atoms with E-state index in [4.69, 9.17) is 0 Å². The van der Waals surface area contributed by atoms with Crippen LogP contribution in [0, 0.1) is 20.8 Å². The van der Waals surface area contributed by atoms with Crippen molar-refractivity contribution in [3.05, 3.63) is 44.9 Å². The van der Waals surface area contributed by atoms with Gasteiger partial charge in [0.2, 0.25) is 0 Å². The first-order valence-electron chi connectivity index (χ1n) is 6.43. The first-order chi connectivity index (χ1) is 9.38. The van der Waals surface area contributed by atoms with E-state index in [0.29, 0.717) is 11.3 Å². The van der Waals surface area contributed by atoms with E-state index >= 15 is 0 Å². The molecule has 1 atom stereocenters. The van der Waals surface area contributed by atoms with Gasteiger partial charge >= 0.3 is 5.97 Å². The van der Waals surface area contributed by atoms with Gasteiger partial charge in [-0.25, -0.2) is 9.78 Å². The van der Waals surface area contributed by atoms with Crippen LogP contribution < -0.4 is 5.32 Å². The molecular formula is C15H18N2O2S. The number of aryl methyl sites for hydroxylation is 3. The molecule has 2 N–H and O–H groups in total. The fourth-order valence-electron chi connectivity index (χ4n) is 2.21. The molecule has 2 rings (SSSR count). The molecule has 20 heavy (non-hydrogen) atoms. The molecule has 106 valence electrons. The van der Waals surface area contributed by atoms with Crippen LogP contribution >= 0.6 is 11.3 Å². The molecule has 0 bridgehead atoms. The molecule has 0 saturated carbocycles. The highest BCUT2D eigenvalue weighted by Gasteiger charge is 2.16. The summed E-state index contributed by atoms with van der Waals surface area (Å²) < 4.78 is 0. The highest BCUT2D eigenvalue weighted by molar-refractivity contribution is 7.11. The summed E-state index contributed by atoms with van der Waals surface area (Å²) in [4.78, 5) is 16.9. The van der Waals surface area contributed by atoms with E-state index in [0.717, 1.165) is 21.1 Å². The fraction of sp³-hybridized carbons (Fsp3) is 0.333. The van der Waals surface area contributed by atoms with Gasteiger partial charge in [0.05, 0.1) is 22.3 Å². The second-order valence-corrected chi connectivity index (χ2v) is 6.14. The summed E-state index contributed by atoms with van der Waals surface area (Å²) in [5, 5.41) is 13.6. The Morgan fingerprint density at radius 1 is 1.35 bits per heavy atom. The van der Waals surface area contributed by atoms with Gasteiger partial charge in [0.1, 0.15) is 0 Å². The molecular weight excluding hydrogens is 272 g/mol. The number of hydrogen-bond donors (Lipinski definition) is 2. The number of anilines is 1. The molecule has 5 heteroatoms. The molecule has 0 radical (unpaired) electrons. The predicted octanol–water partition coefficient (Wildman–Crippen LogP) is 3.94. The Labute approximate surface area is 122 Å². The zero-order chi connectivity index (χ0) is 14.9. The second-order valence-electron chi connectivity index (χ2n) is 4.90. The quantitative estimate of drug-likeness (QED) is 0.895. The lowest BCUT2D eigenvalue weighted by Gasteiger charge is -2.16. The molecule has 0 aliphatic rings. The van der Waals surface area contributed by atoms with Crippen molar-refractivity contribution < 1.29 is 9.90 Å². The summed E-state index contributed by atoms with van der Waals surface area (Å²) in [6, 6.07) is 5.44. The van der Waals surface area contributed by atoms with Crippen LogP contribution in [0.4, 0.5) is 5.69 Å². The van der Waals surface area contributed by atoms with Crippen molar-refractivity contribution in [2.24, 2.45) is 0 Å². The number of carboxylic acids is 1. The van der Waals surface area contributed by atoms with Crippen LogP contribution in [0.3, 0.4) is 0 Å². The Kier molecular flexibility index (Phi) is 4.09. The number of carbonyl (C=O) groups is 1. The molecule has 1 heterocycles. The second kappa shape index (κ2) is 5.63. The molecule has 4 nitrogen and oxygen atoms in total. The van der Waals surface area contributed by atoms with Crippen molar-refractivity contribution in [3.8, 4) is 0 Å². The number of nitrogens with zero attached hydrogens (tertiary/aromatic N) is 1. The average Bonchev–Trinajstić information content (AvgIpc) is 2.70. The zero-order valence-corrected chi connectivity index (χ0v) is 12.8. The topological polar surface area (TPSA) is 62.2 Å². The number of thiazole rings is 1. The van der Waals surface area contributed by atoms with Crippen molar-refractivity contribution in [3.63, 3.8) is 0 Å². The third-order valence-corrected chi connectivity index (χ3v) is 4.37. The summed E-state index contributed by atoms with van der Waals surface area (Å²) >= 11 is 1.64. The summed E-state index contributed by atoms with van der Waals surface area (Å²) in [5.41, 5.74) is 2.87. The Bertz CT molecular complexity index is 649. The number of aromatic carboxylic acids is 1. The minimum atomic E-state index is -0.916. The summed E-state index contributed by atoms with van der Waals surface area (Å²) in [6.07, 6.45) is 0. The maximum Gasteiger partial charge on any atom is 0.337 e. The van der Waals surface area contributed by atoms with Crippen molar-refractivity contribution in [2.75, 3.05) is 5.32 Å². The van der Waals surface area contributed by atoms with E-state index in [9.17, 15) is 9.90 Å². The van der Waals surface area contributed by atoms with Gasteiger partial charge in [0, 0.05) is 10.6 Å². The molecule has 0 fully saturated rings. The standard InChI is InChI=1S/C15H18N2O2S/c1-8-5-6-13(12(7-8)15(18)19)17-10(3)14-9(2)16-11(4)20-14/h5-7,10,17H,1-4H3,(H,18,19). The van der Waals surface area contributed by atoms with Crippen LogP contribution in [0.15, 0.2) is 18.2 Å². The molecule has 1 aromatic carbocycles. The normalized spacial score (nSPS) is 12.2. The molecule has 1 unspecified atom stereocenters. The smallest absolute Gasteiger partial charge is 0.337 e. The highest BCUT2D eigenvalue weighted by Crippen LogP contribution is 2.29. The number of nitrogens with one attached hydrogen (secondary N) is 1. The summed E-state index contributed by atoms with van der Waals surface area (Å²) in [6.45, 7) is 7.86. The van der Waals surface area contributed by atoms with Crippen LogP contribution in [0.5, 0.6) is 0 Å². The van der Waals surface area contributed by atoms with Crippen molar-refractivity contribution in [1.29, 1.82) is 0 Å². The third kappa shape index (κ3) is 2.99. The lowest BCUT2D eigenvalue weighted by atomic mass is 10.1. The van der Waals surface area contributed by atoms with Gasteiger partial charge in [-0.3, -0.25) is 0 Å². The Morgan fingerprint density at radius 3 is 2.60 bits per heavy atom. The largest absolute Gasteiger partial charge is 0.478 e. The Hall–Kier alpha value is -1.88. The number of carboxylic acid groups (broad SMARTS) is 1. The lowest BCUT2D eigenvalue weighted by Crippen LogP contribution is -2.10. The fourth-order valence-corrected chi connectivity index (χ4v) is 3.14. The summed E-state index contributed by atoms with van der Waals surface area (Å²) in [7, 11) is 0. The van der Waals surface area contributed by atoms with E-state index in [1.54, 1.807) is 17.4 Å². The van der Waals surface area contributed by atoms with Crippen LogP contribution in [0.2, 0.25) is 0 Å². The number of hydrogen-bond acceptors (Lipinski definition) is 4. The monoisotopic (exact) mass is 290 g/mol. The van der Waals surface area contributed by atoms with E-state index in [1.165, 1.54) is 0 Å². The third-order valence-electron chi connectivity index (χ3n) is 3.11. The lowest BCUT2D eigenvalue weighted by molar-refractivity contribution is 0.0698. The molecule has 0 amide bonds. The minimum Gasteiger partial charge on any atom is -0.478 e. The summed E-state index contributed by atoms with van der Waals surface area (Å²) in [5.74, 6) is -0.916. The van der Waals surface area contributed by atoms with Crippen molar-refractivity contribution >= 4 is 23.0 Å². The van der Waals surface area contributed by atoms with Crippen LogP contribution in [-0.4, -0.2) is 16.1 Å². The highest BCUT2D eigenvalue weighted by atomic mass is 32.1. The Balaban J connectivity index is 2.30. The molecule has 2 aromatic rings. The molecule has 0 aliphatic heterocycles. The van der Waals surface area contributed by atoms with Crippen molar-refractivity contribution in [2.45, 2.75) is 33.7 Å². The Morgan fingerprint density at radius 2 is 2.05 bits per heavy atom. The maximum absolute atomic E-state index is 11.3. The molecule has 0 spiro atoms. The average molecular weight is 290 g/mol. The molecule has 1 aromatic heterocycles. The van der Waals surface area contributed by atoms with Crippen LogP contribution in [-0.2, 0) is 0 Å². The van der Waals surface area contributed by atoms with Crippen LogP contribution in [0.25, 0.3) is 0 Å². The van der Waals surface area contributed by atoms with E-state index < -0.39 is 5.97 Å². The SMILES string of the molecule is Cc1ccc(NC(C)c2sc(C)nc2C)c(C(=O)O)c1. The number of benzene rings is 1. The molecule has 0 saturated heterocycles. The predicted molar refractivity (Wildman–Crippen MR) is 81.8 cm³/mol. The van der Waals surface area contributed by atoms with E-state index in [2.05, 4.69) is 10.3 Å². The van der Waals surface area contributed by atoms with Gasteiger partial charge in [0.25, 0.3) is 0 Å². The number of rotatable bonds is 4. The minimum absolute atomic E-state index is 0.0296. The van der Waals surface area contributed by atoms with Gasteiger partial charge in [0.15, 0.2) is 0 Å². The van der Waals surface area contributed by atoms with Gasteiger partial charge < -0.3 is 10.4 Å². The maximum atomic E-state index is 11.3. The van der Waals surface area contributed by atoms with Gasteiger partial charge in [-0.1, -0.05) is 11.6 Å². The molecule has 0 aliphatic carbocycles. The van der Waals surface area contributed by atoms with Gasteiger partial charge in [-0.05, 0) is 39.8 Å². The first-order valence-corrected chi connectivity index (χ1v) is 7.24. The van der Waals surface area contributed by atoms with Gasteiger partial charge in [-0.15, -0.1) is 11.3 Å². The van der Waals surface area contributed by atoms with Crippen molar-refractivity contribution in [1.82, 2.24) is 4.98 Å². The number of aromatic nitrogens is 1. The zero-order valence-electron chi connectivity index (χ0n) is 12.0. The van der Waals surface area contributed by atoms with E-state index in [1.807, 2.05) is 39.8 Å². The van der Waals surface area contributed by atoms with Gasteiger partial charge in [-0.2, -0.15) is 0 Å². The van der Waals surface area contributed by atoms with Crippen LogP contribution in [0.1, 0.15) is 44.5 Å². The first kappa shape index (κ1) is 14.5.